The van der Waals surface area contributed by atoms with Crippen LogP contribution in [0.4, 0.5) is 11.4 Å². The second kappa shape index (κ2) is 8.08. The Morgan fingerprint density at radius 2 is 2.16 bits per heavy atom. The van der Waals surface area contributed by atoms with E-state index >= 15 is 0 Å². The van der Waals surface area contributed by atoms with Crippen LogP contribution in [0.3, 0.4) is 0 Å². The fourth-order valence-corrected chi connectivity index (χ4v) is 1.76. The van der Waals surface area contributed by atoms with Crippen LogP contribution in [0.5, 0.6) is 0 Å². The summed E-state index contributed by atoms with van der Waals surface area (Å²) >= 11 is 3.22. The first kappa shape index (κ1) is 15.9. The number of halogens is 1. The quantitative estimate of drug-likeness (QED) is 0.450. The van der Waals surface area contributed by atoms with Gasteiger partial charge in [0.05, 0.1) is 18.1 Å². The molecule has 0 fully saturated rings. The van der Waals surface area contributed by atoms with Gasteiger partial charge in [0.15, 0.2) is 0 Å². The molecule has 0 saturated carbocycles. The van der Waals surface area contributed by atoms with Gasteiger partial charge in [0, 0.05) is 23.6 Å². The Kier molecular flexibility index (Phi) is 6.75. The van der Waals surface area contributed by atoms with Gasteiger partial charge in [-0.2, -0.15) is 0 Å². The van der Waals surface area contributed by atoms with Gasteiger partial charge in [-0.15, -0.1) is 0 Å². The van der Waals surface area contributed by atoms with Gasteiger partial charge < -0.3 is 15.0 Å². The average molecular weight is 332 g/mol. The van der Waals surface area contributed by atoms with E-state index in [1.54, 1.807) is 12.1 Å². The number of benzene rings is 1. The van der Waals surface area contributed by atoms with E-state index < -0.39 is 4.92 Å². The molecule has 0 atom stereocenters. The van der Waals surface area contributed by atoms with Gasteiger partial charge in [-0.1, -0.05) is 15.9 Å². The fourth-order valence-electron chi connectivity index (χ4n) is 1.41. The molecule has 0 aliphatic rings. The Morgan fingerprint density at radius 3 is 2.79 bits per heavy atom. The van der Waals surface area contributed by atoms with Gasteiger partial charge in [-0.25, -0.2) is 0 Å². The van der Waals surface area contributed by atoms with Gasteiger partial charge in [0.1, 0.15) is 5.69 Å². The lowest BCUT2D eigenvalue weighted by atomic mass is 10.2. The molecule has 1 aromatic carbocycles. The molecule has 0 unspecified atom stereocenters. The van der Waals surface area contributed by atoms with Crippen molar-refractivity contribution < 1.29 is 9.66 Å². The SMILES string of the molecule is CN(C)CCOCCNc1ccc(Br)cc1[N+](=O)[O-]. The van der Waals surface area contributed by atoms with E-state index in [0.717, 1.165) is 6.54 Å². The molecule has 7 heteroatoms. The third-order valence-corrected chi connectivity index (χ3v) is 2.89. The molecule has 0 saturated heterocycles. The normalized spacial score (nSPS) is 10.7. The topological polar surface area (TPSA) is 67.6 Å². The van der Waals surface area contributed by atoms with Crippen LogP contribution in [0.25, 0.3) is 0 Å². The number of anilines is 1. The van der Waals surface area contributed by atoms with E-state index in [-0.39, 0.29) is 5.69 Å². The Balaban J connectivity index is 2.39. The van der Waals surface area contributed by atoms with Crippen LogP contribution in [-0.4, -0.2) is 50.2 Å². The third kappa shape index (κ3) is 6.00. The lowest BCUT2D eigenvalue weighted by molar-refractivity contribution is -0.384. The molecule has 0 heterocycles. The highest BCUT2D eigenvalue weighted by Gasteiger charge is 2.13. The molecular weight excluding hydrogens is 314 g/mol. The first-order valence-corrected chi connectivity index (χ1v) is 6.70. The summed E-state index contributed by atoms with van der Waals surface area (Å²) in [6.45, 7) is 2.56. The van der Waals surface area contributed by atoms with Gasteiger partial charge >= 0.3 is 0 Å². The number of hydrogen-bond acceptors (Lipinski definition) is 5. The lowest BCUT2D eigenvalue weighted by Crippen LogP contribution is -2.20. The van der Waals surface area contributed by atoms with E-state index in [0.29, 0.717) is 29.9 Å². The zero-order valence-corrected chi connectivity index (χ0v) is 12.6. The Bertz CT molecular complexity index is 427. The highest BCUT2D eigenvalue weighted by atomic mass is 79.9. The number of ether oxygens (including phenoxy) is 1. The number of nitrogens with one attached hydrogen (secondary N) is 1. The van der Waals surface area contributed by atoms with Gasteiger partial charge in [-0.3, -0.25) is 10.1 Å². The molecule has 0 spiro atoms. The number of nitro groups is 1. The molecule has 1 aromatic rings. The summed E-state index contributed by atoms with van der Waals surface area (Å²) in [5.41, 5.74) is 0.562. The van der Waals surface area contributed by atoms with Crippen molar-refractivity contribution >= 4 is 27.3 Å². The van der Waals surface area contributed by atoms with Crippen molar-refractivity contribution in [3.63, 3.8) is 0 Å². The number of nitro benzene ring substituents is 1. The van der Waals surface area contributed by atoms with Crippen molar-refractivity contribution in [2.75, 3.05) is 45.7 Å². The number of hydrogen-bond donors (Lipinski definition) is 1. The summed E-state index contributed by atoms with van der Waals surface area (Å²) in [6.07, 6.45) is 0. The molecule has 6 nitrogen and oxygen atoms in total. The molecule has 19 heavy (non-hydrogen) atoms. The van der Waals surface area contributed by atoms with Crippen molar-refractivity contribution in [2.24, 2.45) is 0 Å². The van der Waals surface area contributed by atoms with Crippen LogP contribution in [0, 0.1) is 10.1 Å². The Hall–Kier alpha value is -1.18. The minimum atomic E-state index is -0.403. The van der Waals surface area contributed by atoms with Crippen molar-refractivity contribution in [1.82, 2.24) is 4.90 Å². The van der Waals surface area contributed by atoms with E-state index in [2.05, 4.69) is 21.2 Å². The van der Waals surface area contributed by atoms with Crippen molar-refractivity contribution in [1.29, 1.82) is 0 Å². The first-order chi connectivity index (χ1) is 9.00. The van der Waals surface area contributed by atoms with Crippen molar-refractivity contribution in [2.45, 2.75) is 0 Å². The van der Waals surface area contributed by atoms with Crippen LogP contribution in [0.15, 0.2) is 22.7 Å². The highest BCUT2D eigenvalue weighted by Crippen LogP contribution is 2.27. The lowest BCUT2D eigenvalue weighted by Gasteiger charge is -2.11. The Morgan fingerprint density at radius 1 is 1.42 bits per heavy atom. The maximum Gasteiger partial charge on any atom is 0.293 e. The molecule has 0 amide bonds. The van der Waals surface area contributed by atoms with Crippen LogP contribution in [0.1, 0.15) is 0 Å². The summed E-state index contributed by atoms with van der Waals surface area (Å²) in [6, 6.07) is 4.93. The number of rotatable bonds is 8. The smallest absolute Gasteiger partial charge is 0.293 e. The largest absolute Gasteiger partial charge is 0.378 e. The average Bonchev–Trinajstić information content (AvgIpc) is 2.34. The van der Waals surface area contributed by atoms with Crippen molar-refractivity contribution in [3.8, 4) is 0 Å². The summed E-state index contributed by atoms with van der Waals surface area (Å²) in [5, 5.41) is 13.9. The van der Waals surface area contributed by atoms with E-state index in [1.165, 1.54) is 6.07 Å². The number of likely N-dealkylation sites (N-methyl/N-ethyl adjacent to an activating group) is 1. The summed E-state index contributed by atoms with van der Waals surface area (Å²) in [5.74, 6) is 0. The maximum atomic E-state index is 10.9. The minimum absolute atomic E-state index is 0.0580. The molecule has 0 aliphatic carbocycles. The van der Waals surface area contributed by atoms with E-state index in [9.17, 15) is 10.1 Å². The summed E-state index contributed by atoms with van der Waals surface area (Å²) in [4.78, 5) is 12.5. The standard InChI is InChI=1S/C12H18BrN3O3/c1-15(2)6-8-19-7-5-14-11-4-3-10(13)9-12(11)16(17)18/h3-4,9,14H,5-8H2,1-2H3. The molecule has 1 rings (SSSR count). The van der Waals surface area contributed by atoms with Crippen LogP contribution in [0.2, 0.25) is 0 Å². The fraction of sp³-hybridized carbons (Fsp3) is 0.500. The molecule has 0 bridgehead atoms. The van der Waals surface area contributed by atoms with Gasteiger partial charge in [0.2, 0.25) is 0 Å². The molecule has 0 radical (unpaired) electrons. The molecule has 106 valence electrons. The van der Waals surface area contributed by atoms with Gasteiger partial charge in [-0.05, 0) is 26.2 Å². The molecule has 0 aliphatic heterocycles. The first-order valence-electron chi connectivity index (χ1n) is 5.91. The van der Waals surface area contributed by atoms with Gasteiger partial charge in [0.25, 0.3) is 5.69 Å². The monoisotopic (exact) mass is 331 g/mol. The van der Waals surface area contributed by atoms with E-state index in [4.69, 9.17) is 4.74 Å². The molecule has 1 N–H and O–H groups in total. The zero-order valence-electron chi connectivity index (χ0n) is 11.1. The third-order valence-electron chi connectivity index (χ3n) is 2.40. The predicted octanol–water partition coefficient (Wildman–Crippen LogP) is 2.35. The molecule has 0 aromatic heterocycles. The van der Waals surface area contributed by atoms with E-state index in [1.807, 2.05) is 19.0 Å². The Labute approximate surface area is 121 Å². The predicted molar refractivity (Wildman–Crippen MR) is 78.7 cm³/mol. The number of nitrogens with zero attached hydrogens (tertiary/aromatic N) is 2. The summed E-state index contributed by atoms with van der Waals surface area (Å²) in [7, 11) is 3.96. The summed E-state index contributed by atoms with van der Waals surface area (Å²) < 4.78 is 6.09. The second-order valence-corrected chi connectivity index (χ2v) is 5.18. The van der Waals surface area contributed by atoms with Crippen LogP contribution >= 0.6 is 15.9 Å². The van der Waals surface area contributed by atoms with Crippen LogP contribution in [-0.2, 0) is 4.74 Å². The zero-order chi connectivity index (χ0) is 14.3. The minimum Gasteiger partial charge on any atom is -0.378 e. The van der Waals surface area contributed by atoms with Crippen molar-refractivity contribution in [3.05, 3.63) is 32.8 Å². The highest BCUT2D eigenvalue weighted by molar-refractivity contribution is 9.10. The second-order valence-electron chi connectivity index (χ2n) is 4.26. The van der Waals surface area contributed by atoms with Crippen LogP contribution < -0.4 is 5.32 Å². The maximum absolute atomic E-state index is 10.9. The molecular formula is C12H18BrN3O3.